The fourth-order valence-corrected chi connectivity index (χ4v) is 6.68. The molecule has 1 spiro atoms. The lowest BCUT2D eigenvalue weighted by Gasteiger charge is -2.52. The summed E-state index contributed by atoms with van der Waals surface area (Å²) in [6.45, 7) is 10.5. The van der Waals surface area contributed by atoms with Gasteiger partial charge in [-0.2, -0.15) is 0 Å². The number of esters is 1. The molecular formula is C30H37NO6. The molecule has 7 heteroatoms. The third-order valence-corrected chi connectivity index (χ3v) is 8.53. The van der Waals surface area contributed by atoms with Gasteiger partial charge in [-0.1, -0.05) is 62.9 Å². The van der Waals surface area contributed by atoms with Crippen LogP contribution < -0.4 is 5.32 Å². The molecule has 1 heterocycles. The number of nitrogens with one attached hydrogen (secondary N) is 1. The Labute approximate surface area is 218 Å². The molecule has 4 unspecified atom stereocenters. The van der Waals surface area contributed by atoms with E-state index in [0.717, 1.165) is 5.56 Å². The summed E-state index contributed by atoms with van der Waals surface area (Å²) in [6.07, 6.45) is 5.01. The van der Waals surface area contributed by atoms with Crippen LogP contribution in [0.15, 0.2) is 66.8 Å². The van der Waals surface area contributed by atoms with Crippen LogP contribution >= 0.6 is 0 Å². The number of rotatable bonds is 3. The largest absolute Gasteiger partial charge is 0.457 e. The summed E-state index contributed by atoms with van der Waals surface area (Å²) in [6, 6.07) is 9.49. The van der Waals surface area contributed by atoms with Crippen LogP contribution in [0.3, 0.4) is 0 Å². The van der Waals surface area contributed by atoms with Crippen molar-refractivity contribution in [3.63, 3.8) is 0 Å². The smallest absolute Gasteiger partial charge is 0.303 e. The van der Waals surface area contributed by atoms with E-state index >= 15 is 0 Å². The first-order chi connectivity index (χ1) is 17.4. The van der Waals surface area contributed by atoms with Gasteiger partial charge in [0.25, 0.3) is 0 Å². The van der Waals surface area contributed by atoms with Crippen molar-refractivity contribution in [3.05, 3.63) is 72.4 Å². The van der Waals surface area contributed by atoms with E-state index in [0.29, 0.717) is 18.4 Å². The molecule has 0 bridgehead atoms. The van der Waals surface area contributed by atoms with Gasteiger partial charge in [-0.15, -0.1) is 0 Å². The summed E-state index contributed by atoms with van der Waals surface area (Å²) in [7, 11) is 0. The number of allylic oxidation sites excluding steroid dienone is 1. The Morgan fingerprint density at radius 1 is 1.19 bits per heavy atom. The Bertz CT molecular complexity index is 1140. The molecule has 2 aliphatic carbocycles. The Morgan fingerprint density at radius 2 is 1.86 bits per heavy atom. The Balaban J connectivity index is 1.94. The number of aliphatic hydroxyl groups is 2. The van der Waals surface area contributed by atoms with Crippen LogP contribution in [0.2, 0.25) is 0 Å². The van der Waals surface area contributed by atoms with Gasteiger partial charge in [-0.3, -0.25) is 14.4 Å². The van der Waals surface area contributed by atoms with E-state index in [-0.39, 0.29) is 23.7 Å². The minimum Gasteiger partial charge on any atom is -0.457 e. The summed E-state index contributed by atoms with van der Waals surface area (Å²) < 4.78 is 5.81. The van der Waals surface area contributed by atoms with Crippen LogP contribution in [-0.2, 0) is 25.5 Å². The number of carbonyl (C=O) groups is 3. The van der Waals surface area contributed by atoms with Crippen molar-refractivity contribution in [2.45, 2.75) is 64.4 Å². The second-order valence-corrected chi connectivity index (χ2v) is 11.0. The van der Waals surface area contributed by atoms with Crippen molar-refractivity contribution < 1.29 is 29.3 Å². The number of hydrogen-bond acceptors (Lipinski definition) is 6. The molecule has 2 fully saturated rings. The number of ketones is 1. The molecule has 0 aromatic heterocycles. The molecule has 1 aromatic rings. The van der Waals surface area contributed by atoms with Gasteiger partial charge in [-0.25, -0.2) is 0 Å². The van der Waals surface area contributed by atoms with E-state index in [2.05, 4.69) is 11.9 Å². The average Bonchev–Trinajstić information content (AvgIpc) is 3.13. The maximum atomic E-state index is 14.2. The van der Waals surface area contributed by atoms with Gasteiger partial charge in [-0.05, 0) is 49.0 Å². The summed E-state index contributed by atoms with van der Waals surface area (Å²) in [5.74, 6) is -3.26. The van der Waals surface area contributed by atoms with Gasteiger partial charge in [0.2, 0.25) is 5.91 Å². The molecule has 7 nitrogen and oxygen atoms in total. The first-order valence-electron chi connectivity index (χ1n) is 12.9. The first-order valence-corrected chi connectivity index (χ1v) is 12.9. The van der Waals surface area contributed by atoms with Gasteiger partial charge in [0, 0.05) is 30.7 Å². The monoisotopic (exact) mass is 507 g/mol. The topological polar surface area (TPSA) is 113 Å². The molecule has 3 N–H and O–H groups in total. The Kier molecular flexibility index (Phi) is 7.32. The molecule has 37 heavy (non-hydrogen) atoms. The lowest BCUT2D eigenvalue weighted by atomic mass is 9.51. The van der Waals surface area contributed by atoms with Gasteiger partial charge in [0.05, 0.1) is 6.10 Å². The number of hydrogen-bond donors (Lipinski definition) is 3. The fourth-order valence-electron chi connectivity index (χ4n) is 6.68. The molecule has 4 rings (SSSR count). The van der Waals surface area contributed by atoms with Crippen LogP contribution in [0, 0.1) is 29.1 Å². The highest BCUT2D eigenvalue weighted by Gasteiger charge is 2.68. The van der Waals surface area contributed by atoms with Crippen molar-refractivity contribution in [2.75, 3.05) is 0 Å². The fraction of sp³-hybridized carbons (Fsp3) is 0.500. The zero-order valence-electron chi connectivity index (χ0n) is 21.9. The summed E-state index contributed by atoms with van der Waals surface area (Å²) in [5.41, 5.74) is -1.55. The summed E-state index contributed by atoms with van der Waals surface area (Å²) in [4.78, 5) is 39.5. The normalized spacial score (nSPS) is 40.7. The second-order valence-electron chi connectivity index (χ2n) is 11.0. The maximum absolute atomic E-state index is 14.2. The van der Waals surface area contributed by atoms with Crippen LogP contribution in [-0.4, -0.2) is 51.7 Å². The van der Waals surface area contributed by atoms with Crippen LogP contribution in [0.25, 0.3) is 0 Å². The highest BCUT2D eigenvalue weighted by Crippen LogP contribution is 2.58. The molecule has 0 radical (unpaired) electrons. The highest BCUT2D eigenvalue weighted by atomic mass is 16.5. The standard InChI is InChI=1S/C30H37NO6/c1-17-10-9-13-22-26(33)19(3)18(2)25-23(16-21-11-7-6-8-12-21)31-28(35)30(22,25)24(37-20(4)32)14-15-29(5,36)27(17)34/h6-9,11-15,17-18,22-26,33,36H,3,10,16H2,1-2,4-5H3,(H,31,35)/b13-9?,15-14-/t17?,18-,22-,23?,24+,25?,26-,29+,30?/m0/s1. The minimum absolute atomic E-state index is 0.287. The van der Waals surface area contributed by atoms with Crippen molar-refractivity contribution in [1.29, 1.82) is 0 Å². The molecule has 1 saturated heterocycles. The zero-order chi connectivity index (χ0) is 27.1. The Morgan fingerprint density at radius 3 is 2.51 bits per heavy atom. The van der Waals surface area contributed by atoms with Gasteiger partial charge in [0.1, 0.15) is 17.1 Å². The third-order valence-electron chi connectivity index (χ3n) is 8.53. The second kappa shape index (κ2) is 10.0. The van der Waals surface area contributed by atoms with E-state index in [1.807, 2.05) is 37.3 Å². The van der Waals surface area contributed by atoms with Gasteiger partial charge in [0.15, 0.2) is 5.78 Å². The third kappa shape index (κ3) is 4.59. The maximum Gasteiger partial charge on any atom is 0.303 e. The highest BCUT2D eigenvalue weighted by molar-refractivity contribution is 5.91. The number of Topliss-reactive ketones (excluding diaryl/α,β-unsaturated/α-hetero) is 1. The molecule has 1 amide bonds. The van der Waals surface area contributed by atoms with Crippen LogP contribution in [0.1, 0.15) is 39.7 Å². The lowest BCUT2D eigenvalue weighted by Crippen LogP contribution is -2.60. The van der Waals surface area contributed by atoms with E-state index in [4.69, 9.17) is 4.74 Å². The summed E-state index contributed by atoms with van der Waals surface area (Å²) >= 11 is 0. The summed E-state index contributed by atoms with van der Waals surface area (Å²) in [5, 5.41) is 25.7. The molecule has 1 aliphatic heterocycles. The molecule has 3 aliphatic rings. The molecular weight excluding hydrogens is 470 g/mol. The quantitative estimate of drug-likeness (QED) is 0.428. The molecule has 1 saturated carbocycles. The van der Waals surface area contributed by atoms with Crippen LogP contribution in [0.4, 0.5) is 0 Å². The van der Waals surface area contributed by atoms with Crippen LogP contribution in [0.5, 0.6) is 0 Å². The lowest BCUT2D eigenvalue weighted by molar-refractivity contribution is -0.166. The number of aliphatic hydroxyl groups excluding tert-OH is 1. The van der Waals surface area contributed by atoms with Crippen molar-refractivity contribution in [3.8, 4) is 0 Å². The zero-order valence-corrected chi connectivity index (χ0v) is 21.9. The molecule has 198 valence electrons. The Hall–Kier alpha value is -3.03. The van der Waals surface area contributed by atoms with E-state index in [1.54, 1.807) is 19.1 Å². The van der Waals surface area contributed by atoms with E-state index in [1.165, 1.54) is 26.0 Å². The van der Waals surface area contributed by atoms with Crippen molar-refractivity contribution in [1.82, 2.24) is 5.32 Å². The van der Waals surface area contributed by atoms with Crippen molar-refractivity contribution in [2.24, 2.45) is 29.1 Å². The van der Waals surface area contributed by atoms with Crippen molar-refractivity contribution >= 4 is 17.7 Å². The van der Waals surface area contributed by atoms with E-state index in [9.17, 15) is 24.6 Å². The number of ether oxygens (including phenoxy) is 1. The van der Waals surface area contributed by atoms with E-state index < -0.39 is 46.9 Å². The SMILES string of the molecule is C=C1[C@H](C)C2C(Cc3ccccc3)NC(=O)C23[C@H](OC(C)=O)/C=C\[C@@](C)(O)C(=O)C(C)CC=C[C@H]3[C@H]1O. The first kappa shape index (κ1) is 27.0. The predicted octanol–water partition coefficient (Wildman–Crippen LogP) is 2.92. The predicted molar refractivity (Wildman–Crippen MR) is 139 cm³/mol. The molecule has 1 aromatic carbocycles. The minimum atomic E-state index is -1.82. The average molecular weight is 508 g/mol. The number of benzene rings is 1. The molecule has 9 atom stereocenters. The number of amides is 1. The number of carbonyl (C=O) groups excluding carboxylic acids is 3. The van der Waals surface area contributed by atoms with Gasteiger partial charge < -0.3 is 20.3 Å². The van der Waals surface area contributed by atoms with Gasteiger partial charge >= 0.3 is 5.97 Å².